The van der Waals surface area contributed by atoms with Gasteiger partial charge in [0.1, 0.15) is 35.8 Å². The summed E-state index contributed by atoms with van der Waals surface area (Å²) in [6.45, 7) is 1.60. The molecule has 0 spiro atoms. The average molecular weight is 606 g/mol. The highest BCUT2D eigenvalue weighted by Gasteiger charge is 2.53. The highest BCUT2D eigenvalue weighted by molar-refractivity contribution is 5.80. The number of aliphatic hydroxyl groups is 5. The fraction of sp³-hybridized carbons (Fsp3) is 0.885. The largest absolute Gasteiger partial charge is 0.492 e. The van der Waals surface area contributed by atoms with E-state index in [0.29, 0.717) is 12.2 Å². The number of amides is 1. The van der Waals surface area contributed by atoms with Gasteiger partial charge in [-0.3, -0.25) is 4.79 Å². The van der Waals surface area contributed by atoms with Crippen LogP contribution >= 0.6 is 0 Å². The van der Waals surface area contributed by atoms with E-state index in [0.717, 1.165) is 0 Å². The van der Waals surface area contributed by atoms with Crippen molar-refractivity contribution in [2.24, 2.45) is 28.9 Å². The SMILES string of the molecule is CN[C@@H]1[C@@H](O)[C@@H](O[C@@H]2[C@@H](O)[C@H](C3OC(CN)=CC[C@H]3NCC(N)CO)[C@@H](N)C[C@H]2NC(=O)[C@@H](O)CCN)OC[C@]1(C)O. The summed E-state index contributed by atoms with van der Waals surface area (Å²) < 4.78 is 18.1. The smallest absolute Gasteiger partial charge is 0.249 e. The Morgan fingerprint density at radius 3 is 2.60 bits per heavy atom. The molecule has 0 aromatic rings. The number of hydrogen-bond donors (Lipinski definition) is 12. The molecule has 13 atom stereocenters. The Morgan fingerprint density at radius 2 is 1.98 bits per heavy atom. The fourth-order valence-corrected chi connectivity index (χ4v) is 6.08. The third-order valence-electron chi connectivity index (χ3n) is 8.39. The zero-order chi connectivity index (χ0) is 31.2. The van der Waals surface area contributed by atoms with Crippen molar-refractivity contribution in [3.05, 3.63) is 11.8 Å². The maximum Gasteiger partial charge on any atom is 0.249 e. The van der Waals surface area contributed by atoms with Crippen LogP contribution in [0.2, 0.25) is 0 Å². The van der Waals surface area contributed by atoms with Crippen molar-refractivity contribution in [3.8, 4) is 0 Å². The van der Waals surface area contributed by atoms with Gasteiger partial charge in [0, 0.05) is 30.6 Å². The first kappa shape index (κ1) is 35.0. The molecule has 0 aromatic heterocycles. The molecule has 16 heteroatoms. The minimum absolute atomic E-state index is 0.0259. The lowest BCUT2D eigenvalue weighted by Gasteiger charge is -2.51. The van der Waals surface area contributed by atoms with Crippen LogP contribution in [-0.2, 0) is 19.0 Å². The van der Waals surface area contributed by atoms with Crippen LogP contribution in [0.5, 0.6) is 0 Å². The van der Waals surface area contributed by atoms with Gasteiger partial charge in [-0.15, -0.1) is 0 Å². The Labute approximate surface area is 246 Å². The number of ether oxygens (including phenoxy) is 3. The van der Waals surface area contributed by atoms with E-state index in [2.05, 4.69) is 16.0 Å². The van der Waals surface area contributed by atoms with E-state index in [4.69, 9.17) is 37.1 Å². The monoisotopic (exact) mass is 605 g/mol. The predicted molar refractivity (Wildman–Crippen MR) is 151 cm³/mol. The molecule has 16 N–H and O–H groups in total. The summed E-state index contributed by atoms with van der Waals surface area (Å²) >= 11 is 0. The zero-order valence-electron chi connectivity index (χ0n) is 24.3. The Kier molecular flexibility index (Phi) is 12.9. The zero-order valence-corrected chi connectivity index (χ0v) is 24.3. The quantitative estimate of drug-likeness (QED) is 0.0931. The molecule has 1 aliphatic carbocycles. The topological polar surface area (TPSA) is 286 Å². The molecule has 2 unspecified atom stereocenters. The van der Waals surface area contributed by atoms with Gasteiger partial charge >= 0.3 is 0 Å². The molecule has 244 valence electrons. The van der Waals surface area contributed by atoms with Gasteiger partial charge in [0.05, 0.1) is 37.9 Å². The molecule has 0 bridgehead atoms. The summed E-state index contributed by atoms with van der Waals surface area (Å²) in [4.78, 5) is 12.8. The number of carbonyl (C=O) groups excluding carboxylic acids is 1. The number of nitrogens with one attached hydrogen (secondary N) is 3. The van der Waals surface area contributed by atoms with Crippen LogP contribution in [0.3, 0.4) is 0 Å². The van der Waals surface area contributed by atoms with Gasteiger partial charge in [0.25, 0.3) is 0 Å². The van der Waals surface area contributed by atoms with Crippen LogP contribution in [-0.4, -0.2) is 144 Å². The second kappa shape index (κ2) is 15.5. The summed E-state index contributed by atoms with van der Waals surface area (Å²) in [6, 6.07) is -3.30. The van der Waals surface area contributed by atoms with Crippen molar-refractivity contribution in [1.82, 2.24) is 16.0 Å². The number of likely N-dealkylation sites (N-methyl/N-ethyl adjacent to an activating group) is 1. The molecule has 0 radical (unpaired) electrons. The number of aliphatic hydroxyl groups excluding tert-OH is 4. The van der Waals surface area contributed by atoms with E-state index in [1.54, 1.807) is 7.05 Å². The molecule has 3 rings (SSSR count). The van der Waals surface area contributed by atoms with Gasteiger partial charge in [-0.2, -0.15) is 0 Å². The van der Waals surface area contributed by atoms with Crippen molar-refractivity contribution < 1.29 is 44.5 Å². The highest BCUT2D eigenvalue weighted by Crippen LogP contribution is 2.37. The first-order valence-corrected chi connectivity index (χ1v) is 14.5. The second-order valence-electron chi connectivity index (χ2n) is 11.7. The van der Waals surface area contributed by atoms with E-state index >= 15 is 0 Å². The number of carbonyl (C=O) groups is 1. The summed E-state index contributed by atoms with van der Waals surface area (Å²) in [7, 11) is 1.58. The van der Waals surface area contributed by atoms with Gasteiger partial charge < -0.3 is 78.6 Å². The molecule has 0 aromatic carbocycles. The van der Waals surface area contributed by atoms with Crippen molar-refractivity contribution in [1.29, 1.82) is 0 Å². The summed E-state index contributed by atoms with van der Waals surface area (Å²) in [5, 5.41) is 62.0. The van der Waals surface area contributed by atoms with Gasteiger partial charge in [-0.1, -0.05) is 0 Å². The summed E-state index contributed by atoms with van der Waals surface area (Å²) in [5.41, 5.74) is 22.5. The van der Waals surface area contributed by atoms with E-state index in [1.165, 1.54) is 6.92 Å². The van der Waals surface area contributed by atoms with Crippen LogP contribution < -0.4 is 38.9 Å². The normalized spacial score (nSPS) is 40.5. The Balaban J connectivity index is 1.91. The molecule has 2 aliphatic heterocycles. The predicted octanol–water partition coefficient (Wildman–Crippen LogP) is -5.76. The number of rotatable bonds is 13. The van der Waals surface area contributed by atoms with Crippen LogP contribution in [0.1, 0.15) is 26.2 Å². The van der Waals surface area contributed by atoms with Crippen LogP contribution in [0.25, 0.3) is 0 Å². The molecule has 1 saturated heterocycles. The summed E-state index contributed by atoms with van der Waals surface area (Å²) in [6.07, 6.45) is -4.75. The lowest BCUT2D eigenvalue weighted by molar-refractivity contribution is -0.297. The maximum absolute atomic E-state index is 12.8. The molecular weight excluding hydrogens is 554 g/mol. The summed E-state index contributed by atoms with van der Waals surface area (Å²) in [5.74, 6) is -0.941. The van der Waals surface area contributed by atoms with Crippen LogP contribution in [0, 0.1) is 5.92 Å². The van der Waals surface area contributed by atoms with E-state index in [-0.39, 0.29) is 51.7 Å². The number of nitrogens with two attached hydrogens (primary N) is 4. The van der Waals surface area contributed by atoms with Crippen molar-refractivity contribution >= 4 is 5.91 Å². The van der Waals surface area contributed by atoms with Gasteiger partial charge in [-0.05, 0) is 45.9 Å². The third kappa shape index (κ3) is 8.15. The van der Waals surface area contributed by atoms with Crippen molar-refractivity contribution in [2.75, 3.05) is 39.9 Å². The van der Waals surface area contributed by atoms with Gasteiger partial charge in [-0.25, -0.2) is 0 Å². The van der Waals surface area contributed by atoms with Gasteiger partial charge in [0.15, 0.2) is 6.29 Å². The first-order chi connectivity index (χ1) is 19.9. The number of hydrogen-bond acceptors (Lipinski definition) is 15. The highest BCUT2D eigenvalue weighted by atomic mass is 16.7. The molecule has 1 amide bonds. The Hall–Kier alpha value is -1.51. The van der Waals surface area contributed by atoms with Gasteiger partial charge in [0.2, 0.25) is 5.91 Å². The third-order valence-corrected chi connectivity index (χ3v) is 8.39. The minimum Gasteiger partial charge on any atom is -0.492 e. The lowest BCUT2D eigenvalue weighted by atomic mass is 9.72. The molecule has 3 aliphatic rings. The fourth-order valence-electron chi connectivity index (χ4n) is 6.08. The van der Waals surface area contributed by atoms with Crippen LogP contribution in [0.4, 0.5) is 0 Å². The maximum atomic E-state index is 12.8. The molecule has 2 heterocycles. The molecule has 16 nitrogen and oxygen atoms in total. The standard InChI is InChI=1S/C26H51N7O9/c1-26(39)11-40-25(20(37)23(26)31-2)42-22-16(33-24(38)17(35)5-6-27)7-14(30)18(19(22)36)21-15(32-9-12(29)10-34)4-3-13(8-28)41-21/h3,12,14-23,25,31-32,34-37,39H,4-11,27-30H2,1-2H3,(H,33,38)/t12?,14-,15+,16+,17-,18+,19-,20+,21?,22-,23+,25+,26-/m0/s1. The van der Waals surface area contributed by atoms with Crippen molar-refractivity contribution in [3.63, 3.8) is 0 Å². The molecule has 42 heavy (non-hydrogen) atoms. The van der Waals surface area contributed by atoms with E-state index in [9.17, 15) is 30.3 Å². The minimum atomic E-state index is -1.40. The molecular formula is C26H51N7O9. The van der Waals surface area contributed by atoms with Crippen LogP contribution in [0.15, 0.2) is 11.8 Å². The lowest BCUT2D eigenvalue weighted by Crippen LogP contribution is -2.70. The first-order valence-electron chi connectivity index (χ1n) is 14.5. The molecule has 1 saturated carbocycles. The molecule has 2 fully saturated rings. The Bertz CT molecular complexity index is 900. The van der Waals surface area contributed by atoms with E-state index < -0.39 is 78.4 Å². The Morgan fingerprint density at radius 1 is 1.26 bits per heavy atom. The average Bonchev–Trinajstić information content (AvgIpc) is 2.95. The van der Waals surface area contributed by atoms with E-state index in [1.807, 2.05) is 6.08 Å². The van der Waals surface area contributed by atoms with Crippen molar-refractivity contribution in [2.45, 2.75) is 98.8 Å². The second-order valence-corrected chi connectivity index (χ2v) is 11.7.